The fourth-order valence-corrected chi connectivity index (χ4v) is 2.04. The van der Waals surface area contributed by atoms with Crippen molar-refractivity contribution in [3.8, 4) is 11.5 Å². The normalized spacial score (nSPS) is 10.0. The third-order valence-electron chi connectivity index (χ3n) is 3.05. The Morgan fingerprint density at radius 2 is 1.70 bits per heavy atom. The lowest BCUT2D eigenvalue weighted by Gasteiger charge is -2.11. The lowest BCUT2D eigenvalue weighted by molar-refractivity contribution is -0.384. The van der Waals surface area contributed by atoms with Crippen molar-refractivity contribution in [1.82, 2.24) is 0 Å². The van der Waals surface area contributed by atoms with E-state index in [0.29, 0.717) is 10.6 Å². The van der Waals surface area contributed by atoms with Crippen LogP contribution >= 0.6 is 11.6 Å². The van der Waals surface area contributed by atoms with Crippen LogP contribution in [-0.4, -0.2) is 25.1 Å². The molecule has 1 amide bonds. The van der Waals surface area contributed by atoms with Crippen molar-refractivity contribution in [2.75, 3.05) is 19.5 Å². The van der Waals surface area contributed by atoms with E-state index < -0.39 is 10.8 Å². The highest BCUT2D eigenvalue weighted by Gasteiger charge is 2.21. The highest BCUT2D eigenvalue weighted by molar-refractivity contribution is 6.30. The van der Waals surface area contributed by atoms with E-state index in [0.717, 1.165) is 0 Å². The van der Waals surface area contributed by atoms with Crippen LogP contribution in [0.15, 0.2) is 36.4 Å². The summed E-state index contributed by atoms with van der Waals surface area (Å²) in [6.07, 6.45) is 0. The molecule has 0 fully saturated rings. The van der Waals surface area contributed by atoms with Crippen LogP contribution < -0.4 is 14.8 Å². The molecule has 1 N–H and O–H groups in total. The van der Waals surface area contributed by atoms with E-state index in [1.165, 1.54) is 38.5 Å². The molecular weight excluding hydrogens is 324 g/mol. The van der Waals surface area contributed by atoms with Gasteiger partial charge in [-0.15, -0.1) is 0 Å². The van der Waals surface area contributed by atoms with Gasteiger partial charge < -0.3 is 14.8 Å². The van der Waals surface area contributed by atoms with Gasteiger partial charge in [-0.3, -0.25) is 14.9 Å². The third-order valence-corrected chi connectivity index (χ3v) is 3.31. The molecule has 0 aliphatic rings. The van der Waals surface area contributed by atoms with Gasteiger partial charge in [0.2, 0.25) is 0 Å². The molecule has 0 atom stereocenters. The summed E-state index contributed by atoms with van der Waals surface area (Å²) < 4.78 is 10.1. The molecule has 23 heavy (non-hydrogen) atoms. The molecule has 7 nitrogen and oxygen atoms in total. The average Bonchev–Trinajstić information content (AvgIpc) is 2.54. The Hall–Kier alpha value is -2.80. The highest BCUT2D eigenvalue weighted by Crippen LogP contribution is 2.37. The van der Waals surface area contributed by atoms with Crippen molar-refractivity contribution in [1.29, 1.82) is 0 Å². The van der Waals surface area contributed by atoms with Crippen molar-refractivity contribution < 1.29 is 19.2 Å². The van der Waals surface area contributed by atoms with Gasteiger partial charge in [0.25, 0.3) is 11.6 Å². The Balaban J connectivity index is 2.39. The fraction of sp³-hybridized carbons (Fsp3) is 0.133. The van der Waals surface area contributed by atoms with Gasteiger partial charge in [0.15, 0.2) is 11.5 Å². The fourth-order valence-electron chi connectivity index (χ4n) is 1.92. The summed E-state index contributed by atoms with van der Waals surface area (Å²) in [6, 6.07) is 8.68. The maximum atomic E-state index is 12.2. The number of methoxy groups -OCH3 is 2. The van der Waals surface area contributed by atoms with Gasteiger partial charge in [0, 0.05) is 16.7 Å². The zero-order valence-electron chi connectivity index (χ0n) is 12.3. The molecule has 8 heteroatoms. The minimum absolute atomic E-state index is 0.00704. The summed E-state index contributed by atoms with van der Waals surface area (Å²) in [4.78, 5) is 22.8. The molecule has 0 saturated carbocycles. The number of rotatable bonds is 5. The zero-order valence-corrected chi connectivity index (χ0v) is 13.1. The van der Waals surface area contributed by atoms with Gasteiger partial charge in [-0.25, -0.2) is 0 Å². The van der Waals surface area contributed by atoms with Crippen molar-refractivity contribution in [2.24, 2.45) is 0 Å². The van der Waals surface area contributed by atoms with Gasteiger partial charge in [0.05, 0.1) is 25.2 Å². The zero-order chi connectivity index (χ0) is 17.0. The molecule has 0 aliphatic heterocycles. The van der Waals surface area contributed by atoms with E-state index in [9.17, 15) is 14.9 Å². The van der Waals surface area contributed by atoms with Crippen molar-refractivity contribution in [3.63, 3.8) is 0 Å². The van der Waals surface area contributed by atoms with E-state index in [1.54, 1.807) is 12.1 Å². The molecule has 2 aromatic carbocycles. The summed E-state index contributed by atoms with van der Waals surface area (Å²) in [6.45, 7) is 0. The number of carbonyl (C=O) groups is 1. The number of nitro groups is 1. The second-order valence-electron chi connectivity index (χ2n) is 4.44. The van der Waals surface area contributed by atoms with E-state index in [4.69, 9.17) is 21.1 Å². The quantitative estimate of drug-likeness (QED) is 0.666. The summed E-state index contributed by atoms with van der Waals surface area (Å²) in [7, 11) is 2.77. The molecule has 0 aliphatic carbocycles. The average molecular weight is 337 g/mol. The van der Waals surface area contributed by atoms with Crippen LogP contribution in [0.4, 0.5) is 11.4 Å². The van der Waals surface area contributed by atoms with Crippen LogP contribution in [0.5, 0.6) is 11.5 Å². The monoisotopic (exact) mass is 336 g/mol. The van der Waals surface area contributed by atoms with Crippen LogP contribution in [0.2, 0.25) is 5.02 Å². The van der Waals surface area contributed by atoms with E-state index in [1.807, 2.05) is 0 Å². The molecule has 2 aromatic rings. The molecule has 0 heterocycles. The van der Waals surface area contributed by atoms with Gasteiger partial charge in [-0.1, -0.05) is 11.6 Å². The Morgan fingerprint density at radius 1 is 1.13 bits per heavy atom. The van der Waals surface area contributed by atoms with Crippen LogP contribution in [0.25, 0.3) is 0 Å². The number of hydrogen-bond acceptors (Lipinski definition) is 5. The van der Waals surface area contributed by atoms with Crippen LogP contribution in [-0.2, 0) is 0 Å². The van der Waals surface area contributed by atoms with Crippen LogP contribution in [0, 0.1) is 10.1 Å². The molecule has 0 bridgehead atoms. The van der Waals surface area contributed by atoms with Crippen molar-refractivity contribution in [3.05, 3.63) is 57.1 Å². The van der Waals surface area contributed by atoms with Gasteiger partial charge >= 0.3 is 0 Å². The smallest absolute Gasteiger partial charge is 0.296 e. The second-order valence-corrected chi connectivity index (χ2v) is 4.88. The topological polar surface area (TPSA) is 90.7 Å². The van der Waals surface area contributed by atoms with E-state index in [2.05, 4.69) is 5.32 Å². The summed E-state index contributed by atoms with van der Waals surface area (Å²) in [5, 5.41) is 14.2. The number of anilines is 1. The third kappa shape index (κ3) is 3.70. The molecule has 0 saturated heterocycles. The van der Waals surface area contributed by atoms with Crippen LogP contribution in [0.1, 0.15) is 10.4 Å². The maximum Gasteiger partial charge on any atom is 0.296 e. The Bertz CT molecular complexity index is 746. The van der Waals surface area contributed by atoms with E-state index in [-0.39, 0.29) is 22.9 Å². The number of carbonyl (C=O) groups excluding carboxylic acids is 1. The lowest BCUT2D eigenvalue weighted by Crippen LogP contribution is -2.13. The van der Waals surface area contributed by atoms with Crippen LogP contribution in [0.3, 0.4) is 0 Å². The maximum absolute atomic E-state index is 12.2. The first-order valence-corrected chi connectivity index (χ1v) is 6.81. The lowest BCUT2D eigenvalue weighted by atomic mass is 10.2. The summed E-state index contributed by atoms with van der Waals surface area (Å²) in [5.74, 6) is -0.0369. The predicted octanol–water partition coefficient (Wildman–Crippen LogP) is 3.52. The van der Waals surface area contributed by atoms with Gasteiger partial charge in [-0.2, -0.15) is 0 Å². The number of amides is 1. The van der Waals surface area contributed by atoms with Gasteiger partial charge in [0.1, 0.15) is 5.69 Å². The number of nitrogens with zero attached hydrogens (tertiary/aromatic N) is 1. The standard InChI is InChI=1S/C15H13ClN2O5/c1-22-13-7-11(12(18(20)21)8-14(13)23-2)17-15(19)9-3-5-10(16)6-4-9/h3-8H,1-2H3,(H,17,19). The second kappa shape index (κ2) is 6.97. The number of benzene rings is 2. The molecule has 0 radical (unpaired) electrons. The Morgan fingerprint density at radius 3 is 2.22 bits per heavy atom. The molecule has 120 valence electrons. The summed E-state index contributed by atoms with van der Waals surface area (Å²) in [5.41, 5.74) is 0.0241. The molecular formula is C15H13ClN2O5. The molecule has 0 spiro atoms. The molecule has 2 rings (SSSR count). The summed E-state index contributed by atoms with van der Waals surface area (Å²) >= 11 is 5.76. The first-order chi connectivity index (χ1) is 11.0. The largest absolute Gasteiger partial charge is 0.493 e. The minimum Gasteiger partial charge on any atom is -0.493 e. The Labute approximate surface area is 136 Å². The number of hydrogen-bond donors (Lipinski definition) is 1. The first kappa shape index (κ1) is 16.6. The van der Waals surface area contributed by atoms with Crippen molar-refractivity contribution in [2.45, 2.75) is 0 Å². The van der Waals surface area contributed by atoms with E-state index >= 15 is 0 Å². The minimum atomic E-state index is -0.612. The molecule has 0 aromatic heterocycles. The highest BCUT2D eigenvalue weighted by atomic mass is 35.5. The van der Waals surface area contributed by atoms with Crippen molar-refractivity contribution >= 4 is 28.9 Å². The van der Waals surface area contributed by atoms with Gasteiger partial charge in [-0.05, 0) is 24.3 Å². The number of nitro benzene ring substituents is 1. The SMILES string of the molecule is COc1cc(NC(=O)c2ccc(Cl)cc2)c([N+](=O)[O-])cc1OC. The number of nitrogens with one attached hydrogen (secondary N) is 1. The first-order valence-electron chi connectivity index (χ1n) is 6.43. The number of halogens is 1. The molecule has 0 unspecified atom stereocenters. The predicted molar refractivity (Wildman–Crippen MR) is 85.6 cm³/mol. The Kier molecular flexibility index (Phi) is 5.02. The number of ether oxygens (including phenoxy) is 2.